The molecule has 1 aliphatic carbocycles. The van der Waals surface area contributed by atoms with Crippen LogP contribution in [0.1, 0.15) is 25.8 Å². The molecule has 0 aliphatic heterocycles. The highest BCUT2D eigenvalue weighted by Gasteiger charge is 2.33. The second-order valence-corrected chi connectivity index (χ2v) is 5.29. The molecule has 1 aromatic carbocycles. The standard InChI is InChI=1S/C16H25N3O/c1-4-17-16(19-14-11-12(14)2)18-10-9-13-7-5-6-8-15(13)20-3/h5-8,12,14H,4,9-11H2,1-3H3,(H2,17,18,19). The minimum atomic E-state index is 0.596. The van der Waals surface area contributed by atoms with Crippen molar-refractivity contribution in [3.8, 4) is 5.75 Å². The van der Waals surface area contributed by atoms with Gasteiger partial charge in [0.1, 0.15) is 5.75 Å². The van der Waals surface area contributed by atoms with Gasteiger partial charge in [-0.1, -0.05) is 25.1 Å². The molecule has 0 spiro atoms. The highest BCUT2D eigenvalue weighted by molar-refractivity contribution is 5.80. The highest BCUT2D eigenvalue weighted by atomic mass is 16.5. The van der Waals surface area contributed by atoms with Crippen molar-refractivity contribution < 1.29 is 4.74 Å². The maximum Gasteiger partial charge on any atom is 0.191 e. The summed E-state index contributed by atoms with van der Waals surface area (Å²) in [6.07, 6.45) is 2.14. The molecule has 0 bridgehead atoms. The topological polar surface area (TPSA) is 45.7 Å². The van der Waals surface area contributed by atoms with E-state index in [1.54, 1.807) is 7.11 Å². The molecule has 1 saturated carbocycles. The molecule has 2 atom stereocenters. The quantitative estimate of drug-likeness (QED) is 0.618. The first kappa shape index (κ1) is 14.7. The molecular weight excluding hydrogens is 250 g/mol. The lowest BCUT2D eigenvalue weighted by Crippen LogP contribution is -2.39. The fourth-order valence-electron chi connectivity index (χ4n) is 2.22. The lowest BCUT2D eigenvalue weighted by atomic mass is 10.1. The summed E-state index contributed by atoms with van der Waals surface area (Å²) in [7, 11) is 1.71. The summed E-state index contributed by atoms with van der Waals surface area (Å²) in [4.78, 5) is 4.64. The number of nitrogens with zero attached hydrogens (tertiary/aromatic N) is 1. The second kappa shape index (κ2) is 7.17. The predicted octanol–water partition coefficient (Wildman–Crippen LogP) is 2.20. The molecule has 110 valence electrons. The Morgan fingerprint density at radius 3 is 2.80 bits per heavy atom. The molecule has 0 radical (unpaired) electrons. The number of guanidine groups is 1. The average molecular weight is 275 g/mol. The number of rotatable bonds is 6. The Bertz CT molecular complexity index is 459. The van der Waals surface area contributed by atoms with E-state index in [1.165, 1.54) is 12.0 Å². The number of hydrogen-bond acceptors (Lipinski definition) is 2. The molecule has 1 aromatic rings. The van der Waals surface area contributed by atoms with Crippen molar-refractivity contribution in [3.63, 3.8) is 0 Å². The summed E-state index contributed by atoms with van der Waals surface area (Å²) in [6, 6.07) is 8.72. The average Bonchev–Trinajstić information content (AvgIpc) is 3.15. The van der Waals surface area contributed by atoms with Crippen LogP contribution >= 0.6 is 0 Å². The Labute approximate surface area is 121 Å². The predicted molar refractivity (Wildman–Crippen MR) is 83.4 cm³/mol. The summed E-state index contributed by atoms with van der Waals surface area (Å²) in [5, 5.41) is 6.76. The van der Waals surface area contributed by atoms with Crippen molar-refractivity contribution in [2.75, 3.05) is 20.2 Å². The first-order valence-corrected chi connectivity index (χ1v) is 7.41. The van der Waals surface area contributed by atoms with E-state index in [9.17, 15) is 0 Å². The van der Waals surface area contributed by atoms with Crippen LogP contribution in [0.25, 0.3) is 0 Å². The number of benzene rings is 1. The fourth-order valence-corrected chi connectivity index (χ4v) is 2.22. The molecule has 2 unspecified atom stereocenters. The Morgan fingerprint density at radius 1 is 1.40 bits per heavy atom. The summed E-state index contributed by atoms with van der Waals surface area (Å²) < 4.78 is 5.36. The van der Waals surface area contributed by atoms with E-state index in [1.807, 2.05) is 18.2 Å². The van der Waals surface area contributed by atoms with Crippen molar-refractivity contribution >= 4 is 5.96 Å². The van der Waals surface area contributed by atoms with Gasteiger partial charge in [0.25, 0.3) is 0 Å². The van der Waals surface area contributed by atoms with Crippen LogP contribution in [0.4, 0.5) is 0 Å². The summed E-state index contributed by atoms with van der Waals surface area (Å²) in [6.45, 7) is 6.00. The van der Waals surface area contributed by atoms with Crippen LogP contribution in [-0.2, 0) is 6.42 Å². The zero-order chi connectivity index (χ0) is 14.4. The Kier molecular flexibility index (Phi) is 5.27. The molecule has 2 N–H and O–H groups in total. The monoisotopic (exact) mass is 275 g/mol. The maximum atomic E-state index is 5.36. The third-order valence-corrected chi connectivity index (χ3v) is 3.62. The lowest BCUT2D eigenvalue weighted by Gasteiger charge is -2.11. The third kappa shape index (κ3) is 4.15. The van der Waals surface area contributed by atoms with Gasteiger partial charge in [0.15, 0.2) is 5.96 Å². The summed E-state index contributed by atoms with van der Waals surface area (Å²) in [5.74, 6) is 2.64. The molecular formula is C16H25N3O. The maximum absolute atomic E-state index is 5.36. The van der Waals surface area contributed by atoms with E-state index < -0.39 is 0 Å². The van der Waals surface area contributed by atoms with Gasteiger partial charge in [0.2, 0.25) is 0 Å². The zero-order valence-corrected chi connectivity index (χ0v) is 12.6. The van der Waals surface area contributed by atoms with Crippen molar-refractivity contribution in [2.24, 2.45) is 10.9 Å². The largest absolute Gasteiger partial charge is 0.496 e. The van der Waals surface area contributed by atoms with Gasteiger partial charge in [-0.25, -0.2) is 0 Å². The molecule has 0 heterocycles. The van der Waals surface area contributed by atoms with Crippen LogP contribution < -0.4 is 15.4 Å². The Balaban J connectivity index is 1.88. The van der Waals surface area contributed by atoms with Gasteiger partial charge in [-0.2, -0.15) is 0 Å². The molecule has 4 heteroatoms. The molecule has 0 saturated heterocycles. The van der Waals surface area contributed by atoms with Crippen molar-refractivity contribution in [1.82, 2.24) is 10.6 Å². The zero-order valence-electron chi connectivity index (χ0n) is 12.6. The van der Waals surface area contributed by atoms with Crippen LogP contribution in [0, 0.1) is 5.92 Å². The minimum Gasteiger partial charge on any atom is -0.496 e. The van der Waals surface area contributed by atoms with Crippen molar-refractivity contribution in [1.29, 1.82) is 0 Å². The minimum absolute atomic E-state index is 0.596. The molecule has 1 aliphatic rings. The van der Waals surface area contributed by atoms with E-state index in [4.69, 9.17) is 4.74 Å². The van der Waals surface area contributed by atoms with Crippen LogP contribution in [-0.4, -0.2) is 32.2 Å². The van der Waals surface area contributed by atoms with Gasteiger partial charge in [0.05, 0.1) is 7.11 Å². The number of para-hydroxylation sites is 1. The SMILES string of the molecule is CCNC(=NCCc1ccccc1OC)NC1CC1C. The normalized spacial score (nSPS) is 21.4. The van der Waals surface area contributed by atoms with Gasteiger partial charge in [-0.05, 0) is 37.3 Å². The smallest absolute Gasteiger partial charge is 0.191 e. The Hall–Kier alpha value is -1.71. The third-order valence-electron chi connectivity index (χ3n) is 3.62. The van der Waals surface area contributed by atoms with Crippen LogP contribution in [0.15, 0.2) is 29.3 Å². The molecule has 0 amide bonds. The van der Waals surface area contributed by atoms with E-state index in [-0.39, 0.29) is 0 Å². The lowest BCUT2D eigenvalue weighted by molar-refractivity contribution is 0.410. The van der Waals surface area contributed by atoms with Gasteiger partial charge in [-0.3, -0.25) is 4.99 Å². The van der Waals surface area contributed by atoms with Crippen LogP contribution in [0.2, 0.25) is 0 Å². The van der Waals surface area contributed by atoms with E-state index in [0.29, 0.717) is 6.04 Å². The van der Waals surface area contributed by atoms with Gasteiger partial charge < -0.3 is 15.4 Å². The summed E-state index contributed by atoms with van der Waals surface area (Å²) in [5.41, 5.74) is 1.20. The molecule has 2 rings (SSSR count). The number of nitrogens with one attached hydrogen (secondary N) is 2. The van der Waals surface area contributed by atoms with E-state index in [2.05, 4.69) is 35.5 Å². The Morgan fingerprint density at radius 2 is 2.15 bits per heavy atom. The van der Waals surface area contributed by atoms with Crippen LogP contribution in [0.5, 0.6) is 5.75 Å². The number of hydrogen-bond donors (Lipinski definition) is 2. The highest BCUT2D eigenvalue weighted by Crippen LogP contribution is 2.28. The number of ether oxygens (including phenoxy) is 1. The first-order chi connectivity index (χ1) is 9.74. The van der Waals surface area contributed by atoms with Gasteiger partial charge >= 0.3 is 0 Å². The van der Waals surface area contributed by atoms with Crippen LogP contribution in [0.3, 0.4) is 0 Å². The van der Waals surface area contributed by atoms with Crippen molar-refractivity contribution in [3.05, 3.63) is 29.8 Å². The summed E-state index contributed by atoms with van der Waals surface area (Å²) >= 11 is 0. The molecule has 0 aromatic heterocycles. The van der Waals surface area contributed by atoms with Crippen molar-refractivity contribution in [2.45, 2.75) is 32.7 Å². The molecule has 4 nitrogen and oxygen atoms in total. The van der Waals surface area contributed by atoms with Gasteiger partial charge in [-0.15, -0.1) is 0 Å². The van der Waals surface area contributed by atoms with Gasteiger partial charge in [0, 0.05) is 19.1 Å². The fraction of sp³-hybridized carbons (Fsp3) is 0.562. The number of aliphatic imine (C=N–C) groups is 1. The number of methoxy groups -OCH3 is 1. The first-order valence-electron chi connectivity index (χ1n) is 7.41. The van der Waals surface area contributed by atoms with E-state index in [0.717, 1.165) is 37.1 Å². The molecule has 20 heavy (non-hydrogen) atoms. The second-order valence-electron chi connectivity index (χ2n) is 5.29. The molecule has 1 fully saturated rings. The van der Waals surface area contributed by atoms with E-state index >= 15 is 0 Å².